The molecule has 4 nitrogen and oxygen atoms in total. The van der Waals surface area contributed by atoms with Crippen LogP contribution in [-0.4, -0.2) is 31.8 Å². The molecule has 1 aliphatic carbocycles. The molecule has 0 aromatic carbocycles. The smallest absolute Gasteiger partial charge is 0.395 e. The Bertz CT molecular complexity index is 265. The van der Waals surface area contributed by atoms with Crippen LogP contribution in [-0.2, 0) is 9.45 Å². The van der Waals surface area contributed by atoms with Crippen molar-refractivity contribution >= 4 is 13.6 Å². The lowest BCUT2D eigenvalue weighted by Crippen LogP contribution is -2.53. The van der Waals surface area contributed by atoms with E-state index >= 15 is 0 Å². The van der Waals surface area contributed by atoms with Crippen molar-refractivity contribution in [2.45, 2.75) is 46.1 Å². The molecule has 1 saturated carbocycles. The molecule has 0 heterocycles. The lowest BCUT2D eigenvalue weighted by molar-refractivity contribution is -0.145. The van der Waals surface area contributed by atoms with Crippen LogP contribution in [0.2, 0.25) is 0 Å². The fourth-order valence-electron chi connectivity index (χ4n) is 2.82. The number of hydrogen-bond acceptors (Lipinski definition) is 3. The summed E-state index contributed by atoms with van der Waals surface area (Å²) in [5.74, 6) is -0.677. The molecule has 0 saturated heterocycles. The van der Waals surface area contributed by atoms with Gasteiger partial charge >= 0.3 is 13.6 Å². The minimum atomic E-state index is -0.707. The van der Waals surface area contributed by atoms with Crippen LogP contribution in [0.25, 0.3) is 0 Å². The molecule has 1 aliphatic rings. The van der Waals surface area contributed by atoms with Gasteiger partial charge in [0.1, 0.15) is 0 Å². The Morgan fingerprint density at radius 1 is 1.41 bits per heavy atom. The average molecular weight is 240 g/mol. The Kier molecular flexibility index (Phi) is 5.01. The maximum atomic E-state index is 11.3. The fraction of sp³-hybridized carbons (Fsp3) is 0.917. The van der Waals surface area contributed by atoms with Crippen molar-refractivity contribution in [3.8, 4) is 0 Å². The van der Waals surface area contributed by atoms with Gasteiger partial charge in [-0.05, 0) is 24.2 Å². The third kappa shape index (κ3) is 3.71. The fourth-order valence-corrected chi connectivity index (χ4v) is 2.82. The normalized spacial score (nSPS) is 30.0. The Labute approximate surface area is 104 Å². The van der Waals surface area contributed by atoms with Crippen LogP contribution in [0.4, 0.5) is 0 Å². The summed E-state index contributed by atoms with van der Waals surface area (Å²) in [7, 11) is 3.07. The summed E-state index contributed by atoms with van der Waals surface area (Å²) in [4.78, 5) is 11.3. The Morgan fingerprint density at radius 3 is 2.53 bits per heavy atom. The molecule has 3 atom stereocenters. The van der Waals surface area contributed by atoms with Crippen LogP contribution in [0, 0.1) is 17.3 Å². The summed E-state index contributed by atoms with van der Waals surface area (Å²) >= 11 is 0. The highest BCUT2D eigenvalue weighted by Gasteiger charge is 2.42. The summed E-state index contributed by atoms with van der Waals surface area (Å²) in [5.41, 5.74) is 0.105. The van der Waals surface area contributed by atoms with E-state index in [0.29, 0.717) is 5.92 Å². The molecule has 97 valence electrons. The first-order valence-corrected chi connectivity index (χ1v) is 6.21. The van der Waals surface area contributed by atoms with Gasteiger partial charge < -0.3 is 15.0 Å². The zero-order chi connectivity index (χ0) is 13.1. The number of carboxylic acids is 1. The summed E-state index contributed by atoms with van der Waals surface area (Å²) in [6.07, 6.45) is 2.81. The maximum absolute atomic E-state index is 11.3. The SMILES string of the molecule is CO[B]N[C@H]1[C@@H](C(=O)O)CCC[C@@H]1C(C)(C)C. The summed E-state index contributed by atoms with van der Waals surface area (Å²) < 4.78 is 4.90. The Balaban J connectivity index is 2.83. The third-order valence-corrected chi connectivity index (χ3v) is 3.71. The maximum Gasteiger partial charge on any atom is 0.395 e. The summed E-state index contributed by atoms with van der Waals surface area (Å²) in [6.45, 7) is 6.51. The van der Waals surface area contributed by atoms with Gasteiger partial charge in [0, 0.05) is 13.2 Å². The quantitative estimate of drug-likeness (QED) is 0.734. The molecule has 0 aromatic heterocycles. The van der Waals surface area contributed by atoms with Crippen LogP contribution in [0.5, 0.6) is 0 Å². The molecule has 0 aromatic rings. The van der Waals surface area contributed by atoms with Crippen molar-refractivity contribution in [1.82, 2.24) is 5.23 Å². The van der Waals surface area contributed by atoms with E-state index in [0.717, 1.165) is 19.3 Å². The van der Waals surface area contributed by atoms with Crippen LogP contribution < -0.4 is 5.23 Å². The zero-order valence-corrected chi connectivity index (χ0v) is 11.2. The molecule has 5 heteroatoms. The zero-order valence-electron chi connectivity index (χ0n) is 11.2. The number of nitrogens with one attached hydrogen (secondary N) is 1. The molecule has 17 heavy (non-hydrogen) atoms. The van der Waals surface area contributed by atoms with Gasteiger partial charge in [0.15, 0.2) is 0 Å². The highest BCUT2D eigenvalue weighted by Crippen LogP contribution is 2.40. The van der Waals surface area contributed by atoms with E-state index in [9.17, 15) is 9.90 Å². The first-order valence-electron chi connectivity index (χ1n) is 6.21. The van der Waals surface area contributed by atoms with E-state index in [4.69, 9.17) is 4.65 Å². The second kappa shape index (κ2) is 5.87. The van der Waals surface area contributed by atoms with Gasteiger partial charge in [-0.1, -0.05) is 27.2 Å². The number of carbonyl (C=O) groups is 1. The molecule has 1 rings (SSSR count). The molecular formula is C12H23BNO3. The monoisotopic (exact) mass is 240 g/mol. The minimum Gasteiger partial charge on any atom is -0.481 e. The number of rotatable bonds is 4. The Hall–Kier alpha value is -0.545. The summed E-state index contributed by atoms with van der Waals surface area (Å²) in [5, 5.41) is 12.4. The van der Waals surface area contributed by atoms with Gasteiger partial charge in [-0.3, -0.25) is 4.79 Å². The minimum absolute atomic E-state index is 0.0406. The Morgan fingerprint density at radius 2 is 2.06 bits per heavy atom. The van der Waals surface area contributed by atoms with Crippen molar-refractivity contribution in [1.29, 1.82) is 0 Å². The van der Waals surface area contributed by atoms with E-state index < -0.39 is 5.97 Å². The van der Waals surface area contributed by atoms with Crippen molar-refractivity contribution < 1.29 is 14.6 Å². The molecule has 2 N–H and O–H groups in total. The van der Waals surface area contributed by atoms with Crippen LogP contribution in [0.1, 0.15) is 40.0 Å². The molecule has 1 radical (unpaired) electrons. The van der Waals surface area contributed by atoms with Crippen LogP contribution in [0.3, 0.4) is 0 Å². The standard InChI is InChI=1S/C12H23BNO3/c1-12(2,3)9-7-5-6-8(11(15)16)10(9)14-13-17-4/h8-10,14H,5-7H2,1-4H3,(H,15,16)/t8-,9-,10-/m0/s1. The van der Waals surface area contributed by atoms with E-state index in [2.05, 4.69) is 26.0 Å². The molecule has 0 aliphatic heterocycles. The van der Waals surface area contributed by atoms with Gasteiger partial charge in [-0.15, -0.1) is 0 Å². The van der Waals surface area contributed by atoms with Crippen molar-refractivity contribution in [3.05, 3.63) is 0 Å². The molecule has 0 unspecified atom stereocenters. The first kappa shape index (κ1) is 14.5. The van der Waals surface area contributed by atoms with Gasteiger partial charge in [-0.25, -0.2) is 0 Å². The third-order valence-electron chi connectivity index (χ3n) is 3.71. The van der Waals surface area contributed by atoms with E-state index in [-0.39, 0.29) is 17.4 Å². The van der Waals surface area contributed by atoms with Crippen LogP contribution in [0.15, 0.2) is 0 Å². The molecule has 1 fully saturated rings. The number of carboxylic acid groups (broad SMARTS) is 1. The highest BCUT2D eigenvalue weighted by molar-refractivity contribution is 6.23. The van der Waals surface area contributed by atoms with E-state index in [1.807, 2.05) is 0 Å². The first-order chi connectivity index (χ1) is 7.88. The lowest BCUT2D eigenvalue weighted by atomic mass is 9.65. The largest absolute Gasteiger partial charge is 0.481 e. The van der Waals surface area contributed by atoms with Gasteiger partial charge in [0.2, 0.25) is 0 Å². The van der Waals surface area contributed by atoms with Crippen molar-refractivity contribution in [3.63, 3.8) is 0 Å². The van der Waals surface area contributed by atoms with Crippen molar-refractivity contribution in [2.24, 2.45) is 17.3 Å². The second-order valence-electron chi connectivity index (χ2n) is 5.89. The van der Waals surface area contributed by atoms with Crippen LogP contribution >= 0.6 is 0 Å². The predicted octanol–water partition coefficient (Wildman–Crippen LogP) is 1.67. The predicted molar refractivity (Wildman–Crippen MR) is 67.6 cm³/mol. The van der Waals surface area contributed by atoms with E-state index in [1.165, 1.54) is 7.62 Å². The molecule has 0 spiro atoms. The highest BCUT2D eigenvalue weighted by atomic mass is 16.4. The molecule has 0 amide bonds. The topological polar surface area (TPSA) is 58.6 Å². The molecule has 0 bridgehead atoms. The van der Waals surface area contributed by atoms with Gasteiger partial charge in [-0.2, -0.15) is 0 Å². The average Bonchev–Trinajstić information content (AvgIpc) is 2.24. The lowest BCUT2D eigenvalue weighted by Gasteiger charge is -2.43. The number of aliphatic carboxylic acids is 1. The summed E-state index contributed by atoms with van der Waals surface area (Å²) in [6, 6.07) is -0.0406. The van der Waals surface area contributed by atoms with Gasteiger partial charge in [0.05, 0.1) is 5.92 Å². The van der Waals surface area contributed by atoms with Crippen molar-refractivity contribution in [2.75, 3.05) is 7.11 Å². The second-order valence-corrected chi connectivity index (χ2v) is 5.89. The van der Waals surface area contributed by atoms with E-state index in [1.54, 1.807) is 7.11 Å². The molecular weight excluding hydrogens is 217 g/mol. The number of hydrogen-bond donors (Lipinski definition) is 2. The van der Waals surface area contributed by atoms with Gasteiger partial charge in [0.25, 0.3) is 0 Å².